The van der Waals surface area contributed by atoms with E-state index in [1.54, 1.807) is 30.1 Å². The third-order valence-corrected chi connectivity index (χ3v) is 3.73. The lowest BCUT2D eigenvalue weighted by Crippen LogP contribution is -2.36. The number of halogens is 1. The molecule has 5 nitrogen and oxygen atoms in total. The van der Waals surface area contributed by atoms with E-state index in [1.807, 2.05) is 18.2 Å². The number of aromatic nitrogens is 3. The molecule has 0 fully saturated rings. The van der Waals surface area contributed by atoms with E-state index in [-0.39, 0.29) is 11.2 Å². The molecule has 102 valence electrons. The van der Waals surface area contributed by atoms with Gasteiger partial charge in [-0.15, -0.1) is 0 Å². The van der Waals surface area contributed by atoms with Gasteiger partial charge in [-0.25, -0.2) is 4.79 Å². The van der Waals surface area contributed by atoms with Crippen LogP contribution in [0.15, 0.2) is 46.2 Å². The van der Waals surface area contributed by atoms with Gasteiger partial charge in [0.1, 0.15) is 0 Å². The van der Waals surface area contributed by atoms with E-state index in [0.29, 0.717) is 15.9 Å². The fourth-order valence-corrected chi connectivity index (χ4v) is 2.50. The Balaban J connectivity index is 2.41. The Morgan fingerprint density at radius 1 is 1.00 bits per heavy atom. The summed E-state index contributed by atoms with van der Waals surface area (Å²) in [7, 11) is 3.11. The first-order chi connectivity index (χ1) is 9.50. The Morgan fingerprint density at radius 3 is 2.40 bits per heavy atom. The van der Waals surface area contributed by atoms with Crippen LogP contribution in [0.5, 0.6) is 0 Å². The molecular weight excluding hydrogens is 278 g/mol. The summed E-state index contributed by atoms with van der Waals surface area (Å²) in [4.78, 5) is 24.0. The average Bonchev–Trinajstić information content (AvgIpc) is 2.88. The fraction of sp³-hybridized carbons (Fsp3) is 0.143. The zero-order chi connectivity index (χ0) is 14.4. The van der Waals surface area contributed by atoms with Gasteiger partial charge >= 0.3 is 5.69 Å². The van der Waals surface area contributed by atoms with Gasteiger partial charge in [-0.1, -0.05) is 23.7 Å². The highest BCUT2D eigenvalue weighted by molar-refractivity contribution is 6.32. The molecule has 20 heavy (non-hydrogen) atoms. The summed E-state index contributed by atoms with van der Waals surface area (Å²) < 4.78 is 4.30. The van der Waals surface area contributed by atoms with Crippen molar-refractivity contribution in [3.05, 3.63) is 62.5 Å². The van der Waals surface area contributed by atoms with Crippen LogP contribution in [-0.2, 0) is 14.1 Å². The highest BCUT2D eigenvalue weighted by Gasteiger charge is 2.12. The molecule has 6 heteroatoms. The Kier molecular flexibility index (Phi) is 2.79. The normalized spacial score (nSPS) is 11.2. The minimum Gasteiger partial charge on any atom is -0.319 e. The third kappa shape index (κ3) is 1.71. The lowest BCUT2D eigenvalue weighted by molar-refractivity contribution is 0.714. The maximum absolute atomic E-state index is 12.1. The van der Waals surface area contributed by atoms with Crippen LogP contribution in [-0.4, -0.2) is 13.7 Å². The third-order valence-electron chi connectivity index (χ3n) is 3.41. The van der Waals surface area contributed by atoms with Crippen LogP contribution < -0.4 is 11.2 Å². The molecule has 0 bridgehead atoms. The van der Waals surface area contributed by atoms with Crippen LogP contribution in [0.1, 0.15) is 0 Å². The van der Waals surface area contributed by atoms with Crippen LogP contribution >= 0.6 is 11.6 Å². The van der Waals surface area contributed by atoms with Gasteiger partial charge < -0.3 is 4.57 Å². The molecular formula is C14H12ClN3O2. The minimum atomic E-state index is -0.348. The van der Waals surface area contributed by atoms with Crippen molar-refractivity contribution in [2.45, 2.75) is 0 Å². The smallest absolute Gasteiger partial charge is 0.319 e. The molecule has 0 unspecified atom stereocenters. The molecule has 0 atom stereocenters. The van der Waals surface area contributed by atoms with Crippen LogP contribution in [0.2, 0.25) is 5.02 Å². The van der Waals surface area contributed by atoms with E-state index in [0.717, 1.165) is 10.3 Å². The van der Waals surface area contributed by atoms with E-state index in [1.165, 1.54) is 11.6 Å². The summed E-state index contributed by atoms with van der Waals surface area (Å²) in [5.74, 6) is 0. The van der Waals surface area contributed by atoms with Gasteiger partial charge in [0.15, 0.2) is 0 Å². The number of hydrogen-bond donors (Lipinski definition) is 0. The van der Waals surface area contributed by atoms with Crippen LogP contribution in [0.4, 0.5) is 0 Å². The number of benzene rings is 1. The minimum absolute atomic E-state index is 0.311. The number of para-hydroxylation sites is 1. The predicted molar refractivity (Wildman–Crippen MR) is 78.8 cm³/mol. The molecule has 0 radical (unpaired) electrons. The highest BCUT2D eigenvalue weighted by Crippen LogP contribution is 2.22. The number of rotatable bonds is 1. The first-order valence-electron chi connectivity index (χ1n) is 6.03. The van der Waals surface area contributed by atoms with Crippen LogP contribution in [0, 0.1) is 0 Å². The first-order valence-corrected chi connectivity index (χ1v) is 6.41. The highest BCUT2D eigenvalue weighted by atomic mass is 35.5. The molecule has 0 aliphatic heterocycles. The number of nitrogens with zero attached hydrogens (tertiary/aromatic N) is 3. The van der Waals surface area contributed by atoms with Crippen molar-refractivity contribution in [2.75, 3.05) is 0 Å². The van der Waals surface area contributed by atoms with E-state index < -0.39 is 0 Å². The largest absolute Gasteiger partial charge is 0.330 e. The van der Waals surface area contributed by atoms with E-state index in [2.05, 4.69) is 0 Å². The van der Waals surface area contributed by atoms with Gasteiger partial charge in [0.2, 0.25) is 0 Å². The fourth-order valence-electron chi connectivity index (χ4n) is 2.27. The van der Waals surface area contributed by atoms with Crippen molar-refractivity contribution >= 4 is 22.5 Å². The molecule has 3 rings (SSSR count). The summed E-state index contributed by atoms with van der Waals surface area (Å²) >= 11 is 6.16. The van der Waals surface area contributed by atoms with Crippen molar-refractivity contribution in [3.8, 4) is 5.69 Å². The monoisotopic (exact) mass is 289 g/mol. The lowest BCUT2D eigenvalue weighted by Gasteiger charge is -2.04. The van der Waals surface area contributed by atoms with Crippen molar-refractivity contribution in [1.29, 1.82) is 0 Å². The van der Waals surface area contributed by atoms with Gasteiger partial charge in [-0.05, 0) is 12.1 Å². The summed E-state index contributed by atoms with van der Waals surface area (Å²) in [6, 6.07) is 7.33. The molecule has 0 N–H and O–H groups in total. The summed E-state index contributed by atoms with van der Waals surface area (Å²) in [5, 5.41) is 1.06. The Bertz CT molecular complexity index is 934. The zero-order valence-corrected chi connectivity index (χ0v) is 11.8. The summed E-state index contributed by atoms with van der Waals surface area (Å²) in [5.41, 5.74) is 0.686. The second kappa shape index (κ2) is 4.38. The standard InChI is InChI=1S/C14H12ClN3O2/c1-16-12-8-18(11-6-4-3-5-10(11)15)7-9(12)13(19)17(2)14(16)20/h3-8H,1-2H3. The topological polar surface area (TPSA) is 48.9 Å². The Hall–Kier alpha value is -2.27. The second-order valence-electron chi connectivity index (χ2n) is 4.62. The first kappa shape index (κ1) is 12.7. The Labute approximate surface area is 119 Å². The molecule has 0 spiro atoms. The maximum atomic E-state index is 12.1. The predicted octanol–water partition coefficient (Wildman–Crippen LogP) is 1.68. The van der Waals surface area contributed by atoms with E-state index in [9.17, 15) is 9.59 Å². The number of hydrogen-bond acceptors (Lipinski definition) is 2. The van der Waals surface area contributed by atoms with Crippen molar-refractivity contribution in [1.82, 2.24) is 13.7 Å². The molecule has 0 saturated carbocycles. The lowest BCUT2D eigenvalue weighted by atomic mass is 10.3. The van der Waals surface area contributed by atoms with Gasteiger partial charge in [-0.3, -0.25) is 13.9 Å². The molecule has 0 aliphatic rings. The van der Waals surface area contributed by atoms with Gasteiger partial charge in [0.05, 0.1) is 21.6 Å². The molecule has 0 amide bonds. The zero-order valence-electron chi connectivity index (χ0n) is 11.0. The average molecular weight is 290 g/mol. The molecule has 0 aliphatic carbocycles. The Morgan fingerprint density at radius 2 is 1.70 bits per heavy atom. The second-order valence-corrected chi connectivity index (χ2v) is 5.03. The molecule has 0 saturated heterocycles. The SMILES string of the molecule is Cn1c(=O)c2cn(-c3ccccc3Cl)cc2n(C)c1=O. The molecule has 1 aromatic carbocycles. The van der Waals surface area contributed by atoms with Gasteiger partial charge in [0, 0.05) is 26.5 Å². The number of fused-ring (bicyclic) bond motifs is 1. The van der Waals surface area contributed by atoms with Crippen LogP contribution in [0.25, 0.3) is 16.6 Å². The van der Waals surface area contributed by atoms with E-state index >= 15 is 0 Å². The van der Waals surface area contributed by atoms with Gasteiger partial charge in [0.25, 0.3) is 5.56 Å². The quantitative estimate of drug-likeness (QED) is 0.684. The number of aryl methyl sites for hydroxylation is 1. The maximum Gasteiger partial charge on any atom is 0.330 e. The molecule has 3 aromatic rings. The van der Waals surface area contributed by atoms with Crippen molar-refractivity contribution in [3.63, 3.8) is 0 Å². The van der Waals surface area contributed by atoms with Gasteiger partial charge in [-0.2, -0.15) is 0 Å². The van der Waals surface area contributed by atoms with E-state index in [4.69, 9.17) is 11.6 Å². The summed E-state index contributed by atoms with van der Waals surface area (Å²) in [6.07, 6.45) is 3.43. The van der Waals surface area contributed by atoms with Crippen molar-refractivity contribution < 1.29 is 0 Å². The molecule has 2 heterocycles. The summed E-state index contributed by atoms with van der Waals surface area (Å²) in [6.45, 7) is 0. The van der Waals surface area contributed by atoms with Crippen LogP contribution in [0.3, 0.4) is 0 Å². The van der Waals surface area contributed by atoms with Crippen molar-refractivity contribution in [2.24, 2.45) is 14.1 Å². The molecule has 2 aromatic heterocycles.